The van der Waals surface area contributed by atoms with Crippen LogP contribution in [0, 0.1) is 0 Å². The smallest absolute Gasteiger partial charge is 0.0713 e. The SMILES string of the molecule is [2H]c1c([2H])c([2H])c(-c2ccc(N(c3ccc(-c4c([2H])c([2H])c([2H])c([2H])c4[2H])cc3)c3ccc(-c4ccc(-c5ccc6c(c5)C(c5ccccc5)(c5ccccc5)c5ccccc5-6)cc4)c4ccccc34)cc2)c([2H])c1[2H]. The fraction of sp³-hybridized carbons (Fsp3) is 0.0154. The molecular formula is C65H45N. The highest BCUT2D eigenvalue weighted by molar-refractivity contribution is 6.06. The van der Waals surface area contributed by atoms with Gasteiger partial charge in [-0.25, -0.2) is 0 Å². The van der Waals surface area contributed by atoms with Gasteiger partial charge in [0, 0.05) is 16.8 Å². The molecule has 66 heavy (non-hydrogen) atoms. The van der Waals surface area contributed by atoms with Crippen LogP contribution in [0.25, 0.3) is 66.4 Å². The van der Waals surface area contributed by atoms with Crippen LogP contribution < -0.4 is 4.90 Å². The minimum atomic E-state index is -0.516. The van der Waals surface area contributed by atoms with Crippen molar-refractivity contribution >= 4 is 27.8 Å². The molecule has 0 spiro atoms. The predicted molar refractivity (Wildman–Crippen MR) is 278 cm³/mol. The largest absolute Gasteiger partial charge is 0.310 e. The van der Waals surface area contributed by atoms with Gasteiger partial charge < -0.3 is 4.90 Å². The van der Waals surface area contributed by atoms with Crippen LogP contribution in [0.2, 0.25) is 0 Å². The van der Waals surface area contributed by atoms with Gasteiger partial charge in [-0.2, -0.15) is 0 Å². The van der Waals surface area contributed by atoms with Crippen LogP contribution in [0.4, 0.5) is 17.1 Å². The first-order valence-corrected chi connectivity index (χ1v) is 22.0. The summed E-state index contributed by atoms with van der Waals surface area (Å²) in [6.07, 6.45) is 0. The van der Waals surface area contributed by atoms with Crippen molar-refractivity contribution in [3.8, 4) is 55.6 Å². The van der Waals surface area contributed by atoms with E-state index in [0.717, 1.165) is 38.7 Å². The summed E-state index contributed by atoms with van der Waals surface area (Å²) >= 11 is 0. The van der Waals surface area contributed by atoms with Gasteiger partial charge in [-0.05, 0) is 120 Å². The first kappa shape index (κ1) is 29.8. The van der Waals surface area contributed by atoms with Crippen LogP contribution in [-0.2, 0) is 5.41 Å². The summed E-state index contributed by atoms with van der Waals surface area (Å²) < 4.78 is 84.1. The summed E-state index contributed by atoms with van der Waals surface area (Å²) in [7, 11) is 0. The van der Waals surface area contributed by atoms with Gasteiger partial charge in [0.05, 0.1) is 24.8 Å². The van der Waals surface area contributed by atoms with E-state index in [9.17, 15) is 0 Å². The van der Waals surface area contributed by atoms with Crippen molar-refractivity contribution in [2.45, 2.75) is 5.41 Å². The molecule has 310 valence electrons. The first-order chi connectivity index (χ1) is 36.9. The molecule has 0 amide bonds. The maximum Gasteiger partial charge on any atom is 0.0713 e. The van der Waals surface area contributed by atoms with Gasteiger partial charge >= 0.3 is 0 Å². The standard InChI is InChI=1S/C65H45N/c1-5-17-46(18-6-1)48-33-38-55(39-34-48)66(56-40-35-49(36-41-56)47-19-7-2-8-20-47)64-44-43-57(58-25-13-14-27-61(58)64)51-31-29-50(30-32-51)52-37-42-60-59-26-15-16-28-62(59)65(63(60)45-52,53-21-9-3-10-22-53)54-23-11-4-12-24-54/h1-45H/i1D,2D,5D,6D,7D,8D,17D,18D,19D,20D. The zero-order valence-corrected chi connectivity index (χ0v) is 35.7. The van der Waals surface area contributed by atoms with Crippen molar-refractivity contribution in [2.75, 3.05) is 4.90 Å². The molecule has 0 aliphatic heterocycles. The lowest BCUT2D eigenvalue weighted by Gasteiger charge is -2.34. The van der Waals surface area contributed by atoms with E-state index in [0.29, 0.717) is 22.5 Å². The summed E-state index contributed by atoms with van der Waals surface area (Å²) in [5.74, 6) is 0. The molecule has 0 saturated heterocycles. The van der Waals surface area contributed by atoms with E-state index < -0.39 is 41.7 Å². The number of nitrogens with zero attached hydrogens (tertiary/aromatic N) is 1. The third kappa shape index (κ3) is 6.64. The van der Waals surface area contributed by atoms with Gasteiger partial charge in [-0.3, -0.25) is 0 Å². The van der Waals surface area contributed by atoms with Crippen molar-refractivity contribution in [1.82, 2.24) is 0 Å². The van der Waals surface area contributed by atoms with Crippen molar-refractivity contribution in [2.24, 2.45) is 0 Å². The molecule has 0 N–H and O–H groups in total. The first-order valence-electron chi connectivity index (χ1n) is 27.0. The number of anilines is 3. The van der Waals surface area contributed by atoms with Crippen molar-refractivity contribution in [1.29, 1.82) is 0 Å². The van der Waals surface area contributed by atoms with E-state index in [1.54, 1.807) is 24.3 Å². The monoisotopic (exact) mass is 849 g/mol. The minimum absolute atomic E-state index is 0.0992. The third-order valence-corrected chi connectivity index (χ3v) is 13.0. The lowest BCUT2D eigenvalue weighted by Crippen LogP contribution is -2.28. The van der Waals surface area contributed by atoms with Crippen LogP contribution >= 0.6 is 0 Å². The lowest BCUT2D eigenvalue weighted by atomic mass is 9.67. The number of benzene rings is 11. The average molecular weight is 850 g/mol. The maximum atomic E-state index is 8.66. The Morgan fingerprint density at radius 3 is 1.33 bits per heavy atom. The van der Waals surface area contributed by atoms with Gasteiger partial charge in [0.1, 0.15) is 0 Å². The molecule has 11 aromatic carbocycles. The topological polar surface area (TPSA) is 3.24 Å². The second kappa shape index (κ2) is 16.6. The van der Waals surface area contributed by atoms with Crippen LogP contribution in [-0.4, -0.2) is 0 Å². The summed E-state index contributed by atoms with van der Waals surface area (Å²) in [5, 5.41) is 1.93. The Balaban J connectivity index is 0.957. The molecule has 11 aromatic rings. The second-order valence-electron chi connectivity index (χ2n) is 16.5. The van der Waals surface area contributed by atoms with E-state index in [1.807, 2.05) is 36.4 Å². The van der Waals surface area contributed by atoms with Crippen LogP contribution in [0.3, 0.4) is 0 Å². The molecule has 0 saturated carbocycles. The molecule has 0 heterocycles. The second-order valence-corrected chi connectivity index (χ2v) is 16.5. The van der Waals surface area contributed by atoms with Gasteiger partial charge in [-0.1, -0.05) is 236 Å². The van der Waals surface area contributed by atoms with Gasteiger partial charge in [-0.15, -0.1) is 0 Å². The summed E-state index contributed by atoms with van der Waals surface area (Å²) in [6.45, 7) is 0. The maximum absolute atomic E-state index is 8.66. The molecule has 0 unspecified atom stereocenters. The lowest BCUT2D eigenvalue weighted by molar-refractivity contribution is 0.769. The van der Waals surface area contributed by atoms with Crippen molar-refractivity contribution in [3.63, 3.8) is 0 Å². The van der Waals surface area contributed by atoms with E-state index in [-0.39, 0.29) is 35.3 Å². The Bertz CT molecular complexity index is 3880. The Kier molecular flexibility index (Phi) is 7.47. The molecule has 1 aliphatic rings. The molecule has 1 aliphatic carbocycles. The van der Waals surface area contributed by atoms with E-state index >= 15 is 0 Å². The Labute approximate surface area is 401 Å². The fourth-order valence-corrected chi connectivity index (χ4v) is 9.97. The number of fused-ring (bicyclic) bond motifs is 4. The summed E-state index contributed by atoms with van der Waals surface area (Å²) in [5.41, 5.74) is 14.5. The van der Waals surface area contributed by atoms with Crippen LogP contribution in [0.5, 0.6) is 0 Å². The zero-order valence-electron chi connectivity index (χ0n) is 45.7. The van der Waals surface area contributed by atoms with E-state index in [4.69, 9.17) is 13.7 Å². The number of hydrogen-bond donors (Lipinski definition) is 0. The summed E-state index contributed by atoms with van der Waals surface area (Å²) in [4.78, 5) is 2.06. The molecule has 0 fully saturated rings. The Morgan fingerprint density at radius 1 is 0.303 bits per heavy atom. The van der Waals surface area contributed by atoms with Crippen molar-refractivity contribution < 1.29 is 13.7 Å². The Morgan fingerprint density at radius 2 is 0.742 bits per heavy atom. The molecule has 12 rings (SSSR count). The highest BCUT2D eigenvalue weighted by Crippen LogP contribution is 2.56. The molecule has 1 nitrogen and oxygen atoms in total. The number of hydrogen-bond acceptors (Lipinski definition) is 1. The summed E-state index contributed by atoms with van der Waals surface area (Å²) in [6, 6.07) is 69.0. The van der Waals surface area contributed by atoms with Crippen LogP contribution in [0.1, 0.15) is 36.0 Å². The molecule has 0 atom stereocenters. The van der Waals surface area contributed by atoms with E-state index in [2.05, 4.69) is 157 Å². The van der Waals surface area contributed by atoms with Gasteiger partial charge in [0.25, 0.3) is 0 Å². The molecule has 0 aromatic heterocycles. The minimum Gasteiger partial charge on any atom is -0.310 e. The zero-order chi connectivity index (χ0) is 52.6. The van der Waals surface area contributed by atoms with Gasteiger partial charge in [0.2, 0.25) is 0 Å². The molecule has 0 bridgehead atoms. The predicted octanol–water partition coefficient (Wildman–Crippen LogP) is 17.3. The quantitative estimate of drug-likeness (QED) is 0.140. The van der Waals surface area contributed by atoms with Gasteiger partial charge in [0.15, 0.2) is 0 Å². The van der Waals surface area contributed by atoms with Crippen LogP contribution in [0.15, 0.2) is 273 Å². The molecule has 0 radical (unpaired) electrons. The average Bonchev–Trinajstić information content (AvgIpc) is 3.81. The molecular weight excluding hydrogens is 795 g/mol. The highest BCUT2D eigenvalue weighted by atomic mass is 15.1. The fourth-order valence-electron chi connectivity index (χ4n) is 9.97. The normalized spacial score (nSPS) is 14.5. The van der Waals surface area contributed by atoms with Crippen molar-refractivity contribution in [3.05, 3.63) is 295 Å². The Hall–Kier alpha value is -8.52. The number of rotatable bonds is 9. The third-order valence-electron chi connectivity index (χ3n) is 13.0. The molecule has 1 heteroatoms. The highest BCUT2D eigenvalue weighted by Gasteiger charge is 2.46. The van der Waals surface area contributed by atoms with E-state index in [1.165, 1.54) is 33.4 Å².